The van der Waals surface area contributed by atoms with E-state index in [-0.39, 0.29) is 5.91 Å². The Morgan fingerprint density at radius 2 is 1.85 bits per heavy atom. The maximum Gasteiger partial charge on any atom is 0.272 e. The van der Waals surface area contributed by atoms with Crippen molar-refractivity contribution in [3.63, 3.8) is 0 Å². The molecule has 3 rings (SSSR count). The van der Waals surface area contributed by atoms with Crippen LogP contribution in [0.3, 0.4) is 0 Å². The molecular weight excluding hydrogens is 336 g/mol. The maximum absolute atomic E-state index is 12.6. The van der Waals surface area contributed by atoms with Gasteiger partial charge in [0.25, 0.3) is 5.91 Å². The molecule has 1 fully saturated rings. The average molecular weight is 364 g/mol. The predicted molar refractivity (Wildman–Crippen MR) is 111 cm³/mol. The molecule has 1 aromatic carbocycles. The Morgan fingerprint density at radius 1 is 1.11 bits per heavy atom. The topological polar surface area (TPSA) is 48.5 Å². The molecule has 0 spiro atoms. The van der Waals surface area contributed by atoms with Crippen LogP contribution in [0.15, 0.2) is 54.7 Å². The van der Waals surface area contributed by atoms with Crippen LogP contribution in [0.4, 0.5) is 5.69 Å². The summed E-state index contributed by atoms with van der Waals surface area (Å²) in [5.41, 5.74) is 2.67. The standard InChI is InChI=1S/C22H28N4O/c1-18(2)24-20-10-11-21(23-17-20)22(27)26-15-13-25(14-16-26)12-6-9-19-7-4-3-5-8-19/h3-11,17-18,24H,12-16H2,1-2H3/b9-6+. The molecule has 1 aliphatic rings. The van der Waals surface area contributed by atoms with Gasteiger partial charge in [-0.15, -0.1) is 0 Å². The maximum atomic E-state index is 12.6. The summed E-state index contributed by atoms with van der Waals surface area (Å²) in [6.07, 6.45) is 6.07. The second-order valence-electron chi connectivity index (χ2n) is 7.14. The van der Waals surface area contributed by atoms with Crippen LogP contribution in [0, 0.1) is 0 Å². The molecule has 1 saturated heterocycles. The van der Waals surface area contributed by atoms with E-state index in [1.807, 2.05) is 35.2 Å². The van der Waals surface area contributed by atoms with E-state index >= 15 is 0 Å². The van der Waals surface area contributed by atoms with E-state index in [1.165, 1.54) is 5.56 Å². The SMILES string of the molecule is CC(C)Nc1ccc(C(=O)N2CCN(C/C=C/c3ccccc3)CC2)nc1. The zero-order valence-electron chi connectivity index (χ0n) is 16.1. The molecular formula is C22H28N4O. The number of carbonyl (C=O) groups excluding carboxylic acids is 1. The van der Waals surface area contributed by atoms with E-state index in [1.54, 1.807) is 6.20 Å². The molecule has 0 radical (unpaired) electrons. The number of aromatic nitrogens is 1. The number of piperazine rings is 1. The molecule has 1 aliphatic heterocycles. The lowest BCUT2D eigenvalue weighted by molar-refractivity contribution is 0.0644. The van der Waals surface area contributed by atoms with Crippen molar-refractivity contribution >= 4 is 17.7 Å². The largest absolute Gasteiger partial charge is 0.382 e. The van der Waals surface area contributed by atoms with Crippen LogP contribution >= 0.6 is 0 Å². The van der Waals surface area contributed by atoms with Gasteiger partial charge in [0.05, 0.1) is 11.9 Å². The van der Waals surface area contributed by atoms with E-state index in [0.717, 1.165) is 38.4 Å². The van der Waals surface area contributed by atoms with Crippen molar-refractivity contribution in [2.75, 3.05) is 38.0 Å². The molecule has 27 heavy (non-hydrogen) atoms. The van der Waals surface area contributed by atoms with Gasteiger partial charge in [-0.25, -0.2) is 4.98 Å². The van der Waals surface area contributed by atoms with E-state index < -0.39 is 0 Å². The summed E-state index contributed by atoms with van der Waals surface area (Å²) in [6.45, 7) is 8.32. The van der Waals surface area contributed by atoms with Crippen molar-refractivity contribution in [3.8, 4) is 0 Å². The lowest BCUT2D eigenvalue weighted by atomic mass is 10.2. The van der Waals surface area contributed by atoms with E-state index in [2.05, 4.69) is 53.3 Å². The van der Waals surface area contributed by atoms with Crippen molar-refractivity contribution in [3.05, 3.63) is 66.0 Å². The first-order valence-corrected chi connectivity index (χ1v) is 9.57. The molecule has 2 heterocycles. The summed E-state index contributed by atoms with van der Waals surface area (Å²) >= 11 is 0. The normalized spacial score (nSPS) is 15.4. The van der Waals surface area contributed by atoms with Crippen LogP contribution < -0.4 is 5.32 Å². The van der Waals surface area contributed by atoms with Crippen molar-refractivity contribution in [2.24, 2.45) is 0 Å². The van der Waals surface area contributed by atoms with Crippen LogP contribution in [-0.2, 0) is 0 Å². The number of nitrogens with zero attached hydrogens (tertiary/aromatic N) is 3. The van der Waals surface area contributed by atoms with Gasteiger partial charge >= 0.3 is 0 Å². The first kappa shape index (κ1) is 19.1. The summed E-state index contributed by atoms with van der Waals surface area (Å²) in [6, 6.07) is 14.4. The first-order valence-electron chi connectivity index (χ1n) is 9.57. The molecule has 0 unspecified atom stereocenters. The van der Waals surface area contributed by atoms with Gasteiger partial charge in [0.15, 0.2) is 0 Å². The summed E-state index contributed by atoms with van der Waals surface area (Å²) < 4.78 is 0. The van der Waals surface area contributed by atoms with E-state index in [0.29, 0.717) is 11.7 Å². The van der Waals surface area contributed by atoms with Crippen LogP contribution in [0.5, 0.6) is 0 Å². The van der Waals surface area contributed by atoms with Gasteiger partial charge in [-0.1, -0.05) is 42.5 Å². The fraction of sp³-hybridized carbons (Fsp3) is 0.364. The van der Waals surface area contributed by atoms with Gasteiger partial charge in [-0.2, -0.15) is 0 Å². The monoisotopic (exact) mass is 364 g/mol. The quantitative estimate of drug-likeness (QED) is 0.854. The van der Waals surface area contributed by atoms with Gasteiger partial charge in [-0.3, -0.25) is 9.69 Å². The highest BCUT2D eigenvalue weighted by molar-refractivity contribution is 5.92. The van der Waals surface area contributed by atoms with Crippen LogP contribution in [-0.4, -0.2) is 59.5 Å². The fourth-order valence-electron chi connectivity index (χ4n) is 3.14. The number of hydrogen-bond donors (Lipinski definition) is 1. The van der Waals surface area contributed by atoms with Crippen LogP contribution in [0.1, 0.15) is 29.9 Å². The highest BCUT2D eigenvalue weighted by Crippen LogP contribution is 2.11. The van der Waals surface area contributed by atoms with Gasteiger partial charge in [0.1, 0.15) is 5.69 Å². The second kappa shape index (κ2) is 9.33. The number of nitrogens with one attached hydrogen (secondary N) is 1. The molecule has 142 valence electrons. The second-order valence-corrected chi connectivity index (χ2v) is 7.14. The summed E-state index contributed by atoms with van der Waals surface area (Å²) in [7, 11) is 0. The lowest BCUT2D eigenvalue weighted by Gasteiger charge is -2.34. The third kappa shape index (κ3) is 5.66. The predicted octanol–water partition coefficient (Wildman–Crippen LogP) is 3.37. The Balaban J connectivity index is 1.47. The number of benzene rings is 1. The number of carbonyl (C=O) groups is 1. The Morgan fingerprint density at radius 3 is 2.48 bits per heavy atom. The van der Waals surface area contributed by atoms with Gasteiger partial charge in [-0.05, 0) is 31.5 Å². The minimum atomic E-state index is 0.0191. The zero-order valence-corrected chi connectivity index (χ0v) is 16.1. The molecule has 5 heteroatoms. The minimum Gasteiger partial charge on any atom is -0.382 e. The van der Waals surface area contributed by atoms with Crippen molar-refractivity contribution in [2.45, 2.75) is 19.9 Å². The zero-order chi connectivity index (χ0) is 19.1. The molecule has 1 aromatic heterocycles. The smallest absolute Gasteiger partial charge is 0.272 e. The molecule has 1 amide bonds. The lowest BCUT2D eigenvalue weighted by Crippen LogP contribution is -2.48. The third-order valence-corrected chi connectivity index (χ3v) is 4.57. The number of anilines is 1. The fourth-order valence-corrected chi connectivity index (χ4v) is 3.14. The van der Waals surface area contributed by atoms with E-state index in [9.17, 15) is 4.79 Å². The number of amides is 1. The molecule has 0 aliphatic carbocycles. The number of hydrogen-bond acceptors (Lipinski definition) is 4. The Hall–Kier alpha value is -2.66. The van der Waals surface area contributed by atoms with Crippen molar-refractivity contribution in [1.29, 1.82) is 0 Å². The number of pyridine rings is 1. The van der Waals surface area contributed by atoms with Gasteiger partial charge < -0.3 is 10.2 Å². The highest BCUT2D eigenvalue weighted by Gasteiger charge is 2.22. The third-order valence-electron chi connectivity index (χ3n) is 4.57. The van der Waals surface area contributed by atoms with Crippen molar-refractivity contribution < 1.29 is 4.79 Å². The average Bonchev–Trinajstić information content (AvgIpc) is 2.69. The molecule has 2 aromatic rings. The Bertz CT molecular complexity index is 748. The minimum absolute atomic E-state index is 0.0191. The van der Waals surface area contributed by atoms with E-state index in [4.69, 9.17) is 0 Å². The Labute approximate surface area is 161 Å². The molecule has 5 nitrogen and oxygen atoms in total. The van der Waals surface area contributed by atoms with Crippen LogP contribution in [0.25, 0.3) is 6.08 Å². The summed E-state index contributed by atoms with van der Waals surface area (Å²) in [4.78, 5) is 21.2. The highest BCUT2D eigenvalue weighted by atomic mass is 16.2. The molecule has 1 N–H and O–H groups in total. The molecule has 0 bridgehead atoms. The van der Waals surface area contributed by atoms with Crippen molar-refractivity contribution in [1.82, 2.24) is 14.8 Å². The first-order chi connectivity index (χ1) is 13.1. The molecule has 0 saturated carbocycles. The molecule has 0 atom stereocenters. The van der Waals surface area contributed by atoms with Gasteiger partial charge in [0, 0.05) is 38.8 Å². The summed E-state index contributed by atoms with van der Waals surface area (Å²) in [5, 5.41) is 3.29. The van der Waals surface area contributed by atoms with Gasteiger partial charge in [0.2, 0.25) is 0 Å². The number of rotatable bonds is 6. The van der Waals surface area contributed by atoms with Crippen LogP contribution in [0.2, 0.25) is 0 Å². The Kier molecular flexibility index (Phi) is 6.60. The summed E-state index contributed by atoms with van der Waals surface area (Å²) in [5.74, 6) is 0.0191.